The van der Waals surface area contributed by atoms with Gasteiger partial charge in [-0.3, -0.25) is 18.6 Å². The zero-order chi connectivity index (χ0) is 22.0. The summed E-state index contributed by atoms with van der Waals surface area (Å²) in [5.41, 5.74) is 0. The summed E-state index contributed by atoms with van der Waals surface area (Å²) in [6.45, 7) is 3.04. The van der Waals surface area contributed by atoms with Gasteiger partial charge in [0.05, 0.1) is 13.2 Å². The van der Waals surface area contributed by atoms with Gasteiger partial charge in [0.2, 0.25) is 5.91 Å². The molecule has 0 aliphatic heterocycles. The van der Waals surface area contributed by atoms with Crippen LogP contribution in [0.15, 0.2) is 0 Å². The summed E-state index contributed by atoms with van der Waals surface area (Å²) in [6.07, 6.45) is 7.92. The Labute approximate surface area is 174 Å². The second-order valence-electron chi connectivity index (χ2n) is 6.91. The first kappa shape index (κ1) is 28.0. The molecule has 3 N–H and O–H groups in total. The van der Waals surface area contributed by atoms with Gasteiger partial charge in [-0.15, -0.1) is 0 Å². The number of phosphoric ester groups is 1. The highest BCUT2D eigenvalue weighted by molar-refractivity contribution is 7.47. The molecule has 0 fully saturated rings. The van der Waals surface area contributed by atoms with Crippen LogP contribution in [0.2, 0.25) is 0 Å². The van der Waals surface area contributed by atoms with Crippen LogP contribution in [-0.2, 0) is 27.9 Å². The zero-order valence-corrected chi connectivity index (χ0v) is 18.7. The summed E-state index contributed by atoms with van der Waals surface area (Å²) in [4.78, 5) is 32.4. The molecule has 172 valence electrons. The Kier molecular flexibility index (Phi) is 17.2. The molecular formula is C19H38NO8P. The van der Waals surface area contributed by atoms with E-state index in [9.17, 15) is 24.2 Å². The van der Waals surface area contributed by atoms with E-state index in [1.165, 1.54) is 25.7 Å². The molecule has 2 unspecified atom stereocenters. The third kappa shape index (κ3) is 18.8. The van der Waals surface area contributed by atoms with E-state index in [4.69, 9.17) is 9.26 Å². The second-order valence-corrected chi connectivity index (χ2v) is 8.36. The second kappa shape index (κ2) is 17.8. The number of hydrogen-bond donors (Lipinski definition) is 3. The van der Waals surface area contributed by atoms with Crippen molar-refractivity contribution in [3.05, 3.63) is 0 Å². The zero-order valence-electron chi connectivity index (χ0n) is 17.8. The first-order valence-corrected chi connectivity index (χ1v) is 12.0. The molecule has 2 atom stereocenters. The van der Waals surface area contributed by atoms with E-state index >= 15 is 0 Å². The Morgan fingerprint density at radius 1 is 0.931 bits per heavy atom. The molecule has 0 rings (SSSR count). The first-order chi connectivity index (χ1) is 13.8. The van der Waals surface area contributed by atoms with Crippen LogP contribution in [0.4, 0.5) is 0 Å². The fourth-order valence-electron chi connectivity index (χ4n) is 2.41. The quantitative estimate of drug-likeness (QED) is 0.159. The number of nitrogens with one attached hydrogen (secondary N) is 1. The summed E-state index contributed by atoms with van der Waals surface area (Å²) in [7, 11) is -4.36. The van der Waals surface area contributed by atoms with Crippen LogP contribution in [0.3, 0.4) is 0 Å². The molecule has 0 aromatic heterocycles. The average molecular weight is 439 g/mol. The molecule has 0 radical (unpaired) electrons. The lowest BCUT2D eigenvalue weighted by Crippen LogP contribution is -2.27. The fraction of sp³-hybridized carbons (Fsp3) is 0.895. The molecule has 0 aromatic carbocycles. The van der Waals surface area contributed by atoms with Crippen molar-refractivity contribution in [2.24, 2.45) is 0 Å². The van der Waals surface area contributed by atoms with E-state index in [1.807, 2.05) is 6.92 Å². The summed E-state index contributed by atoms with van der Waals surface area (Å²) in [6, 6.07) is 0. The van der Waals surface area contributed by atoms with E-state index in [1.54, 1.807) is 0 Å². The van der Waals surface area contributed by atoms with Gasteiger partial charge in [0, 0.05) is 19.4 Å². The van der Waals surface area contributed by atoms with E-state index < -0.39 is 26.5 Å². The number of carbonyl (C=O) groups excluding carboxylic acids is 2. The standard InChI is InChI=1S/C19H38NO8P/c1-3-5-6-7-8-9-10-12-18(22)20-13-14-27-29(24,25)28-16-17(21)15-26-19(23)11-4-2/h17,21H,3-16H2,1-2H3,(H,20,22)(H,24,25). The van der Waals surface area contributed by atoms with Crippen molar-refractivity contribution in [2.45, 2.75) is 84.2 Å². The SMILES string of the molecule is CCCCCCCCCC(=O)NCCOP(=O)(O)OCC(O)COC(=O)CCC. The third-order valence-corrected chi connectivity index (χ3v) is 4.99. The molecule has 0 saturated carbocycles. The van der Waals surface area contributed by atoms with Gasteiger partial charge in [0.25, 0.3) is 0 Å². The van der Waals surface area contributed by atoms with Crippen LogP contribution in [0.25, 0.3) is 0 Å². The predicted molar refractivity (Wildman–Crippen MR) is 109 cm³/mol. The number of hydrogen-bond acceptors (Lipinski definition) is 7. The number of unbranched alkanes of at least 4 members (excludes halogenated alkanes) is 6. The monoisotopic (exact) mass is 439 g/mol. The average Bonchev–Trinajstić information content (AvgIpc) is 2.68. The lowest BCUT2D eigenvalue weighted by molar-refractivity contribution is -0.147. The molecule has 10 heteroatoms. The molecule has 0 aliphatic rings. The number of aliphatic hydroxyl groups is 1. The van der Waals surface area contributed by atoms with Crippen molar-refractivity contribution in [1.29, 1.82) is 0 Å². The van der Waals surface area contributed by atoms with Gasteiger partial charge in [-0.2, -0.15) is 0 Å². The molecule has 0 bridgehead atoms. The molecule has 0 heterocycles. The minimum absolute atomic E-state index is 0.0838. The van der Waals surface area contributed by atoms with Gasteiger partial charge in [-0.1, -0.05) is 52.4 Å². The van der Waals surface area contributed by atoms with E-state index in [-0.39, 0.29) is 32.1 Å². The highest BCUT2D eigenvalue weighted by Gasteiger charge is 2.23. The van der Waals surface area contributed by atoms with Crippen LogP contribution in [0, 0.1) is 0 Å². The largest absolute Gasteiger partial charge is 0.472 e. The normalized spacial score (nSPS) is 14.2. The van der Waals surface area contributed by atoms with Crippen LogP contribution in [0.5, 0.6) is 0 Å². The Balaban J connectivity index is 3.71. The number of aliphatic hydroxyl groups excluding tert-OH is 1. The van der Waals surface area contributed by atoms with E-state index in [0.717, 1.165) is 19.3 Å². The van der Waals surface area contributed by atoms with E-state index in [0.29, 0.717) is 12.8 Å². The molecule has 0 saturated heterocycles. The van der Waals surface area contributed by atoms with Gasteiger partial charge >= 0.3 is 13.8 Å². The number of amides is 1. The van der Waals surface area contributed by atoms with Crippen LogP contribution < -0.4 is 5.32 Å². The Morgan fingerprint density at radius 3 is 2.24 bits per heavy atom. The van der Waals surface area contributed by atoms with Crippen molar-refractivity contribution in [2.75, 3.05) is 26.4 Å². The summed E-state index contributed by atoms with van der Waals surface area (Å²) >= 11 is 0. The Bertz CT molecular complexity index is 489. The minimum Gasteiger partial charge on any atom is -0.463 e. The fourth-order valence-corrected chi connectivity index (χ4v) is 3.17. The highest BCUT2D eigenvalue weighted by Crippen LogP contribution is 2.42. The van der Waals surface area contributed by atoms with Crippen LogP contribution >= 0.6 is 7.82 Å². The lowest BCUT2D eigenvalue weighted by Gasteiger charge is -2.15. The summed E-state index contributed by atoms with van der Waals surface area (Å²) in [5.74, 6) is -0.581. The maximum absolute atomic E-state index is 11.7. The Hall–Kier alpha value is -0.990. The number of phosphoric acid groups is 1. The van der Waals surface area contributed by atoms with Gasteiger partial charge in [-0.25, -0.2) is 4.57 Å². The van der Waals surface area contributed by atoms with Crippen molar-refractivity contribution >= 4 is 19.7 Å². The first-order valence-electron chi connectivity index (χ1n) is 10.5. The molecule has 1 amide bonds. The highest BCUT2D eigenvalue weighted by atomic mass is 31.2. The van der Waals surface area contributed by atoms with Crippen molar-refractivity contribution in [3.8, 4) is 0 Å². The summed E-state index contributed by atoms with van der Waals surface area (Å²) in [5, 5.41) is 12.2. The smallest absolute Gasteiger partial charge is 0.463 e. The van der Waals surface area contributed by atoms with Crippen LogP contribution in [0.1, 0.15) is 78.1 Å². The predicted octanol–water partition coefficient (Wildman–Crippen LogP) is 3.08. The number of ether oxygens (including phenoxy) is 1. The van der Waals surface area contributed by atoms with Crippen LogP contribution in [-0.4, -0.2) is 54.3 Å². The molecule has 0 spiro atoms. The topological polar surface area (TPSA) is 131 Å². The maximum Gasteiger partial charge on any atom is 0.472 e. The number of carbonyl (C=O) groups is 2. The molecule has 9 nitrogen and oxygen atoms in total. The molecule has 29 heavy (non-hydrogen) atoms. The minimum atomic E-state index is -4.36. The lowest BCUT2D eigenvalue weighted by atomic mass is 10.1. The van der Waals surface area contributed by atoms with Gasteiger partial charge in [-0.05, 0) is 12.8 Å². The molecular weight excluding hydrogens is 401 g/mol. The number of rotatable bonds is 19. The molecule has 0 aromatic rings. The van der Waals surface area contributed by atoms with Gasteiger partial charge in [0.15, 0.2) is 0 Å². The Morgan fingerprint density at radius 2 is 1.59 bits per heavy atom. The third-order valence-electron chi connectivity index (χ3n) is 4.01. The van der Waals surface area contributed by atoms with E-state index in [2.05, 4.69) is 16.8 Å². The maximum atomic E-state index is 11.7. The molecule has 0 aliphatic carbocycles. The van der Waals surface area contributed by atoms with Crippen molar-refractivity contribution in [1.82, 2.24) is 5.32 Å². The number of esters is 1. The van der Waals surface area contributed by atoms with Crippen molar-refractivity contribution in [3.63, 3.8) is 0 Å². The van der Waals surface area contributed by atoms with Crippen molar-refractivity contribution < 1.29 is 37.9 Å². The summed E-state index contributed by atoms with van der Waals surface area (Å²) < 4.78 is 25.8. The van der Waals surface area contributed by atoms with Gasteiger partial charge in [0.1, 0.15) is 12.7 Å². The van der Waals surface area contributed by atoms with Gasteiger partial charge < -0.3 is 20.1 Å².